The number of nitriles is 1. The Hall–Kier alpha value is -3.17. The van der Waals surface area contributed by atoms with Crippen LogP contribution in [-0.4, -0.2) is 59.2 Å². The highest BCUT2D eigenvalue weighted by Crippen LogP contribution is 2.30. The lowest BCUT2D eigenvalue weighted by Gasteiger charge is -2.18. The molecule has 4 rings (SSSR count). The summed E-state index contributed by atoms with van der Waals surface area (Å²) in [5.74, 6) is 0.654. The summed E-state index contributed by atoms with van der Waals surface area (Å²) in [6.45, 7) is 0.113. The lowest BCUT2D eigenvalue weighted by molar-refractivity contribution is 0.00883. The quantitative estimate of drug-likeness (QED) is 0.665. The lowest BCUT2D eigenvalue weighted by atomic mass is 10.1. The molecule has 2 aliphatic rings. The van der Waals surface area contributed by atoms with Gasteiger partial charge in [0.25, 0.3) is 0 Å². The maximum absolute atomic E-state index is 12.8. The number of carbonyl (C=O) groups excluding carboxylic acids is 1. The minimum atomic E-state index is -3.97. The van der Waals surface area contributed by atoms with Gasteiger partial charge in [0.2, 0.25) is 10.0 Å². The first-order valence-corrected chi connectivity index (χ1v) is 11.3. The first-order valence-electron chi connectivity index (χ1n) is 9.77. The van der Waals surface area contributed by atoms with Crippen LogP contribution in [0.1, 0.15) is 5.56 Å². The molecule has 0 aromatic heterocycles. The molecule has 0 bridgehead atoms. The van der Waals surface area contributed by atoms with Crippen molar-refractivity contribution in [2.75, 3.05) is 25.6 Å². The van der Waals surface area contributed by atoms with Crippen LogP contribution in [0.4, 0.5) is 10.5 Å². The van der Waals surface area contributed by atoms with Crippen LogP contribution in [0.25, 0.3) is 0 Å². The van der Waals surface area contributed by atoms with Crippen LogP contribution in [0.15, 0.2) is 53.4 Å². The molecule has 1 amide bonds. The summed E-state index contributed by atoms with van der Waals surface area (Å²) in [6.07, 6.45) is -2.62. The van der Waals surface area contributed by atoms with Crippen molar-refractivity contribution in [1.29, 1.82) is 5.26 Å². The molecule has 2 saturated heterocycles. The SMILES string of the molecule is COc1ccc(NC(=O)O[C@@H]2CO[C@H]3[C@@H]2OC[C@@H]3NS(=O)(=O)c2ccccc2C#N)cc1. The summed E-state index contributed by atoms with van der Waals surface area (Å²) in [5.41, 5.74) is 0.569. The van der Waals surface area contributed by atoms with Gasteiger partial charge in [-0.2, -0.15) is 5.26 Å². The number of hydrogen-bond donors (Lipinski definition) is 2. The third-order valence-corrected chi connectivity index (χ3v) is 6.75. The number of rotatable bonds is 6. The number of nitrogens with one attached hydrogen (secondary N) is 2. The minimum absolute atomic E-state index is 0.0409. The second kappa shape index (κ2) is 9.13. The van der Waals surface area contributed by atoms with Crippen molar-refractivity contribution in [3.05, 3.63) is 54.1 Å². The molecule has 10 nitrogen and oxygen atoms in total. The summed E-state index contributed by atoms with van der Waals surface area (Å²) in [7, 11) is -2.43. The van der Waals surface area contributed by atoms with Crippen LogP contribution in [0, 0.1) is 11.3 Å². The molecule has 0 aliphatic carbocycles. The molecule has 2 fully saturated rings. The van der Waals surface area contributed by atoms with Crippen LogP contribution < -0.4 is 14.8 Å². The van der Waals surface area contributed by atoms with E-state index in [9.17, 15) is 18.5 Å². The molecule has 0 spiro atoms. The highest BCUT2D eigenvalue weighted by atomic mass is 32.2. The van der Waals surface area contributed by atoms with Gasteiger partial charge in [-0.25, -0.2) is 17.9 Å². The average molecular weight is 459 g/mol. The van der Waals surface area contributed by atoms with Crippen LogP contribution in [0.2, 0.25) is 0 Å². The molecular formula is C21H21N3O7S. The number of carbonyl (C=O) groups is 1. The number of fused-ring (bicyclic) bond motifs is 1. The standard InChI is InChI=1S/C21H21N3O7S/c1-28-15-8-6-14(7-9-15)23-21(25)31-17-12-30-19-16(11-29-20(17)19)24-32(26,27)18-5-3-2-4-13(18)10-22/h2-9,16-17,19-20,24H,11-12H2,1H3,(H,23,25)/t16-,17+,19+,20+/m0/s1. The van der Waals surface area contributed by atoms with E-state index in [1.807, 2.05) is 6.07 Å². The van der Waals surface area contributed by atoms with E-state index in [1.165, 1.54) is 12.1 Å². The van der Waals surface area contributed by atoms with Gasteiger partial charge in [0.1, 0.15) is 24.0 Å². The number of hydrogen-bond acceptors (Lipinski definition) is 8. The van der Waals surface area contributed by atoms with Crippen LogP contribution in [-0.2, 0) is 24.2 Å². The topological polar surface area (TPSA) is 136 Å². The molecule has 0 radical (unpaired) electrons. The predicted molar refractivity (Wildman–Crippen MR) is 112 cm³/mol. The second-order valence-corrected chi connectivity index (χ2v) is 8.91. The van der Waals surface area contributed by atoms with Gasteiger partial charge < -0.3 is 18.9 Å². The molecule has 11 heteroatoms. The molecule has 0 saturated carbocycles. The summed E-state index contributed by atoms with van der Waals surface area (Å²) in [4.78, 5) is 12.1. The van der Waals surface area contributed by atoms with Gasteiger partial charge in [0, 0.05) is 5.69 Å². The Morgan fingerprint density at radius 3 is 2.53 bits per heavy atom. The van der Waals surface area contributed by atoms with Gasteiger partial charge in [0.05, 0.1) is 36.8 Å². The van der Waals surface area contributed by atoms with Crippen molar-refractivity contribution >= 4 is 21.8 Å². The van der Waals surface area contributed by atoms with Gasteiger partial charge in [-0.1, -0.05) is 12.1 Å². The van der Waals surface area contributed by atoms with E-state index < -0.39 is 40.5 Å². The fraction of sp³-hybridized carbons (Fsp3) is 0.333. The molecule has 2 heterocycles. The van der Waals surface area contributed by atoms with E-state index in [-0.39, 0.29) is 23.7 Å². The number of amides is 1. The number of methoxy groups -OCH3 is 1. The predicted octanol–water partition coefficient (Wildman–Crippen LogP) is 1.63. The third-order valence-electron chi connectivity index (χ3n) is 5.21. The molecule has 4 atom stereocenters. The van der Waals surface area contributed by atoms with Gasteiger partial charge in [-0.3, -0.25) is 5.32 Å². The third kappa shape index (κ3) is 4.53. The molecule has 168 valence electrons. The molecule has 2 aromatic rings. The minimum Gasteiger partial charge on any atom is -0.497 e. The Morgan fingerprint density at radius 2 is 1.81 bits per heavy atom. The Labute approximate surface area is 185 Å². The first-order chi connectivity index (χ1) is 15.4. The van der Waals surface area contributed by atoms with Crippen LogP contribution >= 0.6 is 0 Å². The van der Waals surface area contributed by atoms with Crippen molar-refractivity contribution in [1.82, 2.24) is 4.72 Å². The summed E-state index contributed by atoms with van der Waals surface area (Å²) >= 11 is 0. The number of sulfonamides is 1. The molecule has 2 N–H and O–H groups in total. The van der Waals surface area contributed by atoms with Gasteiger partial charge >= 0.3 is 6.09 Å². The van der Waals surface area contributed by atoms with E-state index in [1.54, 1.807) is 43.5 Å². The van der Waals surface area contributed by atoms with E-state index in [4.69, 9.17) is 18.9 Å². The molecule has 2 aliphatic heterocycles. The zero-order valence-electron chi connectivity index (χ0n) is 17.1. The first kappa shape index (κ1) is 22.0. The Morgan fingerprint density at radius 1 is 1.09 bits per heavy atom. The van der Waals surface area contributed by atoms with Gasteiger partial charge in [-0.15, -0.1) is 0 Å². The number of ether oxygens (including phenoxy) is 4. The zero-order chi connectivity index (χ0) is 22.7. The van der Waals surface area contributed by atoms with Crippen LogP contribution in [0.3, 0.4) is 0 Å². The van der Waals surface area contributed by atoms with Crippen molar-refractivity contribution in [3.8, 4) is 11.8 Å². The molecular weight excluding hydrogens is 438 g/mol. The highest BCUT2D eigenvalue weighted by molar-refractivity contribution is 7.89. The average Bonchev–Trinajstić information content (AvgIpc) is 3.37. The van der Waals surface area contributed by atoms with E-state index in [2.05, 4.69) is 10.0 Å². The molecule has 32 heavy (non-hydrogen) atoms. The zero-order valence-corrected chi connectivity index (χ0v) is 17.9. The summed E-state index contributed by atoms with van der Waals surface area (Å²) < 4.78 is 50.0. The van der Waals surface area contributed by atoms with Crippen molar-refractivity contribution in [2.45, 2.75) is 29.2 Å². The Bertz CT molecular complexity index is 1130. The van der Waals surface area contributed by atoms with E-state index >= 15 is 0 Å². The highest BCUT2D eigenvalue weighted by Gasteiger charge is 2.50. The smallest absolute Gasteiger partial charge is 0.412 e. The van der Waals surface area contributed by atoms with Crippen molar-refractivity contribution in [3.63, 3.8) is 0 Å². The number of anilines is 1. The van der Waals surface area contributed by atoms with Gasteiger partial charge in [0.15, 0.2) is 6.10 Å². The molecule has 2 aromatic carbocycles. The van der Waals surface area contributed by atoms with Gasteiger partial charge in [-0.05, 0) is 36.4 Å². The maximum Gasteiger partial charge on any atom is 0.412 e. The fourth-order valence-corrected chi connectivity index (χ4v) is 5.07. The fourth-order valence-electron chi connectivity index (χ4n) is 3.68. The summed E-state index contributed by atoms with van der Waals surface area (Å²) in [5, 5.41) is 11.8. The van der Waals surface area contributed by atoms with E-state index in [0.29, 0.717) is 11.4 Å². The Balaban J connectivity index is 1.37. The monoisotopic (exact) mass is 459 g/mol. The molecule has 0 unspecified atom stereocenters. The van der Waals surface area contributed by atoms with Crippen LogP contribution in [0.5, 0.6) is 5.75 Å². The van der Waals surface area contributed by atoms with E-state index in [0.717, 1.165) is 0 Å². The summed E-state index contributed by atoms with van der Waals surface area (Å²) in [6, 6.07) is 13.9. The number of benzene rings is 2. The van der Waals surface area contributed by atoms with Crippen molar-refractivity contribution < 1.29 is 32.2 Å². The normalized spacial score (nSPS) is 24.4. The maximum atomic E-state index is 12.8. The second-order valence-electron chi connectivity index (χ2n) is 7.23. The Kier molecular flexibility index (Phi) is 6.29. The van der Waals surface area contributed by atoms with Crippen molar-refractivity contribution in [2.24, 2.45) is 0 Å². The lowest BCUT2D eigenvalue weighted by Crippen LogP contribution is -2.44. The number of nitrogens with zero attached hydrogens (tertiary/aromatic N) is 1. The largest absolute Gasteiger partial charge is 0.497 e.